The molecule has 1 saturated heterocycles. The van der Waals surface area contributed by atoms with Crippen molar-refractivity contribution in [2.75, 3.05) is 19.7 Å². The molecule has 0 radical (unpaired) electrons. The third-order valence-corrected chi connectivity index (χ3v) is 12.0. The van der Waals surface area contributed by atoms with Crippen LogP contribution in [0.1, 0.15) is 46.2 Å². The quantitative estimate of drug-likeness (QED) is 0.463. The van der Waals surface area contributed by atoms with Crippen molar-refractivity contribution in [1.29, 1.82) is 0 Å². The molecule has 0 amide bonds. The number of morpholine rings is 1. The number of hydrogen-bond donors (Lipinski definition) is 1. The van der Waals surface area contributed by atoms with Crippen molar-refractivity contribution in [3.8, 4) is 0 Å². The summed E-state index contributed by atoms with van der Waals surface area (Å²) in [6, 6.07) is 27.6. The molecular formula is C30H38FNO3Si. The van der Waals surface area contributed by atoms with Crippen molar-refractivity contribution in [2.24, 2.45) is 0 Å². The number of β-amino-alcohol motifs (C(OH)–C–C–N with tert-alkyl or cyclic N) is 1. The number of halogens is 1. The first-order chi connectivity index (χ1) is 17.0. The molecule has 1 N–H and O–H groups in total. The van der Waals surface area contributed by atoms with Crippen molar-refractivity contribution >= 4 is 18.7 Å². The molecule has 0 saturated carbocycles. The van der Waals surface area contributed by atoms with E-state index in [0.717, 1.165) is 5.56 Å². The van der Waals surface area contributed by atoms with Crippen molar-refractivity contribution in [2.45, 2.75) is 57.6 Å². The van der Waals surface area contributed by atoms with Gasteiger partial charge in [-0.25, -0.2) is 4.39 Å². The zero-order valence-electron chi connectivity index (χ0n) is 21.9. The van der Waals surface area contributed by atoms with Crippen LogP contribution >= 0.6 is 0 Å². The van der Waals surface area contributed by atoms with Crippen LogP contribution in [0.15, 0.2) is 84.9 Å². The van der Waals surface area contributed by atoms with Gasteiger partial charge in [-0.15, -0.1) is 0 Å². The molecule has 3 aromatic carbocycles. The first-order valence-corrected chi connectivity index (χ1v) is 14.5. The molecule has 1 unspecified atom stereocenters. The van der Waals surface area contributed by atoms with Gasteiger partial charge in [0.2, 0.25) is 0 Å². The second-order valence-corrected chi connectivity index (χ2v) is 15.6. The van der Waals surface area contributed by atoms with Crippen molar-refractivity contribution in [1.82, 2.24) is 4.90 Å². The van der Waals surface area contributed by atoms with Crippen molar-refractivity contribution in [3.05, 3.63) is 96.3 Å². The third kappa shape index (κ3) is 5.63. The van der Waals surface area contributed by atoms with Gasteiger partial charge in [-0.2, -0.15) is 0 Å². The number of hydrogen-bond acceptors (Lipinski definition) is 4. The molecule has 4 rings (SSSR count). The molecule has 0 aliphatic carbocycles. The van der Waals surface area contributed by atoms with Gasteiger partial charge in [0, 0.05) is 6.54 Å². The Morgan fingerprint density at radius 1 is 0.972 bits per heavy atom. The van der Waals surface area contributed by atoms with Crippen LogP contribution in [0.5, 0.6) is 0 Å². The molecule has 0 aromatic heterocycles. The van der Waals surface area contributed by atoms with E-state index in [2.05, 4.69) is 74.2 Å². The summed E-state index contributed by atoms with van der Waals surface area (Å²) in [4.78, 5) is 2.21. The van der Waals surface area contributed by atoms with Crippen LogP contribution in [-0.2, 0) is 9.16 Å². The van der Waals surface area contributed by atoms with Crippen molar-refractivity contribution in [3.63, 3.8) is 0 Å². The van der Waals surface area contributed by atoms with E-state index in [-0.39, 0.29) is 16.9 Å². The Morgan fingerprint density at radius 2 is 1.50 bits per heavy atom. The average Bonchev–Trinajstić information content (AvgIpc) is 2.82. The Morgan fingerprint density at radius 3 is 1.97 bits per heavy atom. The van der Waals surface area contributed by atoms with Gasteiger partial charge in [0.15, 0.2) is 6.29 Å². The van der Waals surface area contributed by atoms with Gasteiger partial charge in [-0.05, 0) is 47.0 Å². The molecule has 4 nitrogen and oxygen atoms in total. The molecule has 1 aliphatic rings. The number of nitrogens with zero attached hydrogens (tertiary/aromatic N) is 1. The highest BCUT2D eigenvalue weighted by Crippen LogP contribution is 2.38. The van der Waals surface area contributed by atoms with Gasteiger partial charge in [0.1, 0.15) is 5.82 Å². The average molecular weight is 508 g/mol. The normalized spacial score (nSPS) is 19.7. The largest absolute Gasteiger partial charge is 0.405 e. The van der Waals surface area contributed by atoms with E-state index in [4.69, 9.17) is 9.16 Å². The van der Waals surface area contributed by atoms with E-state index in [0.29, 0.717) is 19.7 Å². The van der Waals surface area contributed by atoms with E-state index in [1.54, 1.807) is 0 Å². The van der Waals surface area contributed by atoms with Gasteiger partial charge in [0.25, 0.3) is 8.32 Å². The van der Waals surface area contributed by atoms with E-state index >= 15 is 0 Å². The van der Waals surface area contributed by atoms with Gasteiger partial charge in [0.05, 0.1) is 24.8 Å². The molecule has 2 atom stereocenters. The van der Waals surface area contributed by atoms with Crippen LogP contribution in [0.25, 0.3) is 0 Å². The smallest absolute Gasteiger partial charge is 0.261 e. The maximum absolute atomic E-state index is 13.9. The summed E-state index contributed by atoms with van der Waals surface area (Å²) in [6.45, 7) is 12.1. The molecule has 0 spiro atoms. The Hall–Kier alpha value is -2.35. The summed E-state index contributed by atoms with van der Waals surface area (Å²) < 4.78 is 26.9. The highest BCUT2D eigenvalue weighted by atomic mass is 28.4. The predicted octanol–water partition coefficient (Wildman–Crippen LogP) is 4.87. The molecule has 0 bridgehead atoms. The topological polar surface area (TPSA) is 41.9 Å². The van der Waals surface area contributed by atoms with Gasteiger partial charge >= 0.3 is 0 Å². The number of benzene rings is 3. The zero-order valence-corrected chi connectivity index (χ0v) is 22.9. The minimum Gasteiger partial charge on any atom is -0.405 e. The maximum Gasteiger partial charge on any atom is 0.261 e. The number of rotatable bonds is 7. The standard InChI is InChI=1S/C30H38FNO3Si/c1-29(2,3)36(25-12-8-6-9-13-25,26-14-10-7-11-15-26)34-21-27(23-16-18-24(31)19-17-23)32-20-28(33)35-30(4,5)22-32/h6-19,27-28,33H,20-22H2,1-5H3/t27-,28?/m0/s1. The first kappa shape index (κ1) is 26.7. The Kier molecular flexibility index (Phi) is 7.83. The van der Waals surface area contributed by atoms with Crippen LogP contribution < -0.4 is 10.4 Å². The Labute approximate surface area is 215 Å². The number of aliphatic hydroxyl groups is 1. The van der Waals surface area contributed by atoms with Gasteiger partial charge in [-0.3, -0.25) is 4.90 Å². The SMILES string of the molecule is CC1(C)CN([C@@H](CO[Si](c2ccccc2)(c2ccccc2)C(C)(C)C)c2ccc(F)cc2)CC(O)O1. The molecule has 1 aliphatic heterocycles. The summed E-state index contributed by atoms with van der Waals surface area (Å²) in [6.07, 6.45) is -0.899. The summed E-state index contributed by atoms with van der Waals surface area (Å²) in [5.74, 6) is -0.271. The first-order valence-electron chi connectivity index (χ1n) is 12.6. The fraction of sp³-hybridized carbons (Fsp3) is 0.400. The second kappa shape index (κ2) is 10.6. The van der Waals surface area contributed by atoms with Crippen LogP contribution in [0.4, 0.5) is 4.39 Å². The summed E-state index contributed by atoms with van der Waals surface area (Å²) >= 11 is 0. The minimum absolute atomic E-state index is 0.160. The predicted molar refractivity (Wildman–Crippen MR) is 145 cm³/mol. The van der Waals surface area contributed by atoms with Crippen LogP contribution in [0, 0.1) is 5.82 Å². The van der Waals surface area contributed by atoms with E-state index in [1.165, 1.54) is 22.5 Å². The monoisotopic (exact) mass is 507 g/mol. The van der Waals surface area contributed by atoms with Gasteiger partial charge in [-0.1, -0.05) is 93.6 Å². The minimum atomic E-state index is -2.77. The Balaban J connectivity index is 1.79. The maximum atomic E-state index is 13.9. The van der Waals surface area contributed by atoms with Crippen molar-refractivity contribution < 1.29 is 18.7 Å². The highest BCUT2D eigenvalue weighted by molar-refractivity contribution is 6.99. The molecule has 192 valence electrons. The lowest BCUT2D eigenvalue weighted by atomic mass is 10.0. The lowest BCUT2D eigenvalue weighted by Crippen LogP contribution is -2.67. The van der Waals surface area contributed by atoms with E-state index in [1.807, 2.05) is 38.1 Å². The van der Waals surface area contributed by atoms with Crippen LogP contribution in [0.2, 0.25) is 5.04 Å². The second-order valence-electron chi connectivity index (χ2n) is 11.3. The Bertz CT molecular complexity index is 1080. The highest BCUT2D eigenvalue weighted by Gasteiger charge is 2.51. The molecular weight excluding hydrogens is 469 g/mol. The number of ether oxygens (including phenoxy) is 1. The fourth-order valence-corrected chi connectivity index (χ4v) is 10.1. The lowest BCUT2D eigenvalue weighted by Gasteiger charge is -2.47. The summed E-state index contributed by atoms with van der Waals surface area (Å²) in [5, 5.41) is 12.8. The van der Waals surface area contributed by atoms with E-state index in [9.17, 15) is 9.50 Å². The zero-order chi connectivity index (χ0) is 26.0. The van der Waals surface area contributed by atoms with E-state index < -0.39 is 20.2 Å². The third-order valence-electron chi connectivity index (χ3n) is 7.00. The fourth-order valence-electron chi connectivity index (χ4n) is 5.50. The molecule has 36 heavy (non-hydrogen) atoms. The number of aliphatic hydroxyl groups excluding tert-OH is 1. The van der Waals surface area contributed by atoms with Crippen LogP contribution in [0.3, 0.4) is 0 Å². The molecule has 6 heteroatoms. The summed E-state index contributed by atoms with van der Waals surface area (Å²) in [5.41, 5.74) is 0.437. The van der Waals surface area contributed by atoms with Crippen LogP contribution in [-0.4, -0.2) is 49.9 Å². The summed E-state index contributed by atoms with van der Waals surface area (Å²) in [7, 11) is -2.77. The molecule has 3 aromatic rings. The lowest BCUT2D eigenvalue weighted by molar-refractivity contribution is -0.226. The molecule has 1 fully saturated rings. The van der Waals surface area contributed by atoms with Gasteiger partial charge < -0.3 is 14.3 Å². The molecule has 1 heterocycles.